The highest BCUT2D eigenvalue weighted by Crippen LogP contribution is 2.29. The quantitative estimate of drug-likeness (QED) is 0.535. The molecule has 8 nitrogen and oxygen atoms in total. The van der Waals surface area contributed by atoms with Gasteiger partial charge in [0.2, 0.25) is 0 Å². The number of ether oxygens (including phenoxy) is 3. The number of aryl methyl sites for hydroxylation is 1. The molecule has 4 heterocycles. The SMILES string of the molecule is Cc1ccc(OCC(=O)N[C@H]2CC[C@H](CCN3CCc4nc(OCC(F)(F)F)sc4CC3)OC2)cn1. The van der Waals surface area contributed by atoms with Crippen LogP contribution in [0.2, 0.25) is 0 Å². The number of pyridine rings is 1. The zero-order valence-corrected chi connectivity index (χ0v) is 21.0. The van der Waals surface area contributed by atoms with E-state index in [0.717, 1.165) is 61.6 Å². The van der Waals surface area contributed by atoms with Crippen molar-refractivity contribution in [3.8, 4) is 10.9 Å². The molecule has 2 aliphatic rings. The molecule has 12 heteroatoms. The Balaban J connectivity index is 1.11. The summed E-state index contributed by atoms with van der Waals surface area (Å²) < 4.78 is 53.4. The molecular formula is C24H31F3N4O4S. The number of halogens is 3. The Bertz CT molecular complexity index is 969. The van der Waals surface area contributed by atoms with Gasteiger partial charge in [-0.25, -0.2) is 4.98 Å². The number of thiazole rings is 1. The van der Waals surface area contributed by atoms with Crippen LogP contribution in [-0.2, 0) is 22.4 Å². The molecular weight excluding hydrogens is 497 g/mol. The third-order valence-corrected chi connectivity index (χ3v) is 7.26. The van der Waals surface area contributed by atoms with E-state index in [4.69, 9.17) is 14.2 Å². The number of nitrogens with zero attached hydrogens (tertiary/aromatic N) is 3. The van der Waals surface area contributed by atoms with Crippen molar-refractivity contribution in [1.29, 1.82) is 0 Å². The zero-order chi connectivity index (χ0) is 25.5. The highest BCUT2D eigenvalue weighted by Gasteiger charge is 2.30. The number of fused-ring (bicyclic) bond motifs is 1. The molecule has 2 atom stereocenters. The largest absolute Gasteiger partial charge is 0.482 e. The number of carbonyl (C=O) groups is 1. The van der Waals surface area contributed by atoms with E-state index in [1.54, 1.807) is 12.3 Å². The summed E-state index contributed by atoms with van der Waals surface area (Å²) in [5, 5.41) is 3.06. The molecule has 198 valence electrons. The number of nitrogens with one attached hydrogen (secondary N) is 1. The predicted octanol–water partition coefficient (Wildman–Crippen LogP) is 3.32. The number of aromatic nitrogens is 2. The first kappa shape index (κ1) is 26.6. The topological polar surface area (TPSA) is 85.8 Å². The van der Waals surface area contributed by atoms with Crippen LogP contribution in [-0.4, -0.2) is 78.6 Å². The lowest BCUT2D eigenvalue weighted by atomic mass is 10.0. The monoisotopic (exact) mass is 528 g/mol. The fourth-order valence-corrected chi connectivity index (χ4v) is 5.19. The number of hydrogen-bond donors (Lipinski definition) is 1. The van der Waals surface area contributed by atoms with E-state index < -0.39 is 12.8 Å². The van der Waals surface area contributed by atoms with Gasteiger partial charge in [0.15, 0.2) is 13.2 Å². The van der Waals surface area contributed by atoms with Crippen LogP contribution in [0.3, 0.4) is 0 Å². The summed E-state index contributed by atoms with van der Waals surface area (Å²) in [4.78, 5) is 23.9. The summed E-state index contributed by atoms with van der Waals surface area (Å²) in [6.45, 7) is 3.51. The van der Waals surface area contributed by atoms with Gasteiger partial charge in [0.05, 0.1) is 30.6 Å². The summed E-state index contributed by atoms with van der Waals surface area (Å²) in [6.07, 6.45) is 1.45. The van der Waals surface area contributed by atoms with Crippen LogP contribution < -0.4 is 14.8 Å². The zero-order valence-electron chi connectivity index (χ0n) is 20.2. The van der Waals surface area contributed by atoms with Crippen LogP contribution >= 0.6 is 11.3 Å². The molecule has 0 unspecified atom stereocenters. The molecule has 36 heavy (non-hydrogen) atoms. The molecule has 0 radical (unpaired) electrons. The minimum atomic E-state index is -4.36. The normalized spacial score (nSPS) is 20.9. The fraction of sp³-hybridized carbons (Fsp3) is 0.625. The van der Waals surface area contributed by atoms with Gasteiger partial charge in [-0.15, -0.1) is 0 Å². The minimum Gasteiger partial charge on any atom is -0.482 e. The molecule has 2 aliphatic heterocycles. The third-order valence-electron chi connectivity index (χ3n) is 6.19. The number of alkyl halides is 3. The van der Waals surface area contributed by atoms with Crippen molar-refractivity contribution in [2.45, 2.75) is 57.3 Å². The lowest BCUT2D eigenvalue weighted by Gasteiger charge is -2.31. The average molecular weight is 529 g/mol. The fourth-order valence-electron chi connectivity index (χ4n) is 4.25. The highest BCUT2D eigenvalue weighted by atomic mass is 32.1. The number of hydrogen-bond acceptors (Lipinski definition) is 8. The summed E-state index contributed by atoms with van der Waals surface area (Å²) in [5.74, 6) is 0.380. The Morgan fingerprint density at radius 2 is 2.08 bits per heavy atom. The molecule has 2 aromatic rings. The van der Waals surface area contributed by atoms with Crippen molar-refractivity contribution in [2.75, 3.05) is 39.5 Å². The molecule has 1 N–H and O–H groups in total. The van der Waals surface area contributed by atoms with Gasteiger partial charge in [0.25, 0.3) is 11.1 Å². The van der Waals surface area contributed by atoms with Crippen LogP contribution in [0.1, 0.15) is 35.5 Å². The molecule has 4 rings (SSSR count). The van der Waals surface area contributed by atoms with Gasteiger partial charge in [0.1, 0.15) is 5.75 Å². The molecule has 1 amide bonds. The molecule has 0 saturated carbocycles. The van der Waals surface area contributed by atoms with Crippen molar-refractivity contribution < 1.29 is 32.2 Å². The van der Waals surface area contributed by atoms with E-state index in [9.17, 15) is 18.0 Å². The highest BCUT2D eigenvalue weighted by molar-refractivity contribution is 7.13. The van der Waals surface area contributed by atoms with Gasteiger partial charge in [-0.3, -0.25) is 9.78 Å². The first-order valence-corrected chi connectivity index (χ1v) is 12.9. The molecule has 1 saturated heterocycles. The van der Waals surface area contributed by atoms with E-state index in [2.05, 4.69) is 20.2 Å². The Morgan fingerprint density at radius 3 is 2.81 bits per heavy atom. The Labute approximate surface area is 212 Å². The van der Waals surface area contributed by atoms with Crippen LogP contribution in [0.15, 0.2) is 18.3 Å². The van der Waals surface area contributed by atoms with E-state index in [0.29, 0.717) is 18.8 Å². The first-order valence-electron chi connectivity index (χ1n) is 12.1. The summed E-state index contributed by atoms with van der Waals surface area (Å²) in [6, 6.07) is 3.59. The Hall–Kier alpha value is -2.44. The summed E-state index contributed by atoms with van der Waals surface area (Å²) >= 11 is 1.21. The smallest absolute Gasteiger partial charge is 0.422 e. The number of carbonyl (C=O) groups excluding carboxylic acids is 1. The van der Waals surface area contributed by atoms with Gasteiger partial charge in [0, 0.05) is 36.6 Å². The second-order valence-corrected chi connectivity index (χ2v) is 10.2. The Kier molecular flexibility index (Phi) is 9.02. The van der Waals surface area contributed by atoms with Crippen molar-refractivity contribution in [1.82, 2.24) is 20.2 Å². The minimum absolute atomic E-state index is 0.0255. The van der Waals surface area contributed by atoms with Gasteiger partial charge in [-0.2, -0.15) is 13.2 Å². The van der Waals surface area contributed by atoms with Gasteiger partial charge in [-0.1, -0.05) is 11.3 Å². The maximum Gasteiger partial charge on any atom is 0.422 e. The Morgan fingerprint density at radius 1 is 1.25 bits per heavy atom. The third kappa shape index (κ3) is 8.31. The van der Waals surface area contributed by atoms with E-state index in [1.165, 1.54) is 11.3 Å². The van der Waals surface area contributed by atoms with E-state index in [1.807, 2.05) is 13.0 Å². The maximum atomic E-state index is 12.4. The average Bonchev–Trinajstić information content (AvgIpc) is 3.15. The van der Waals surface area contributed by atoms with Crippen molar-refractivity contribution in [2.24, 2.45) is 0 Å². The lowest BCUT2D eigenvalue weighted by molar-refractivity contribution is -0.153. The van der Waals surface area contributed by atoms with Crippen LogP contribution in [0.5, 0.6) is 10.9 Å². The van der Waals surface area contributed by atoms with Crippen molar-refractivity contribution >= 4 is 17.2 Å². The van der Waals surface area contributed by atoms with Crippen LogP contribution in [0, 0.1) is 6.92 Å². The van der Waals surface area contributed by atoms with Gasteiger partial charge >= 0.3 is 6.18 Å². The maximum absolute atomic E-state index is 12.4. The van der Waals surface area contributed by atoms with E-state index >= 15 is 0 Å². The molecule has 0 aliphatic carbocycles. The summed E-state index contributed by atoms with van der Waals surface area (Å²) in [5.41, 5.74) is 1.73. The molecule has 0 aromatic carbocycles. The molecule has 0 bridgehead atoms. The number of rotatable bonds is 9. The van der Waals surface area contributed by atoms with Crippen molar-refractivity contribution in [3.63, 3.8) is 0 Å². The predicted molar refractivity (Wildman–Crippen MR) is 128 cm³/mol. The summed E-state index contributed by atoms with van der Waals surface area (Å²) in [7, 11) is 0. The van der Waals surface area contributed by atoms with E-state index in [-0.39, 0.29) is 29.9 Å². The lowest BCUT2D eigenvalue weighted by Crippen LogP contribution is -2.45. The van der Waals surface area contributed by atoms with Crippen LogP contribution in [0.4, 0.5) is 13.2 Å². The number of amides is 1. The van der Waals surface area contributed by atoms with Gasteiger partial charge < -0.3 is 24.4 Å². The molecule has 0 spiro atoms. The second-order valence-electron chi connectivity index (χ2n) is 9.10. The molecule has 2 aromatic heterocycles. The second kappa shape index (κ2) is 12.2. The van der Waals surface area contributed by atoms with Crippen LogP contribution in [0.25, 0.3) is 0 Å². The standard InChI is InChI=1S/C24H31F3N4O4S/c1-16-2-4-19(12-28-16)34-14-22(32)29-17-3-5-18(33-13-17)6-9-31-10-7-20-21(8-11-31)36-23(30-20)35-15-24(25,26)27/h2,4,12,17-18H,3,5-11,13-15H2,1H3,(H,29,32)/t17-,18+/m0/s1. The molecule has 1 fully saturated rings. The first-order chi connectivity index (χ1) is 17.2. The van der Waals surface area contributed by atoms with Gasteiger partial charge in [-0.05, 0) is 44.7 Å². The van der Waals surface area contributed by atoms with Crippen molar-refractivity contribution in [3.05, 3.63) is 34.6 Å².